The van der Waals surface area contributed by atoms with Crippen molar-refractivity contribution < 1.29 is 23.9 Å². The summed E-state index contributed by atoms with van der Waals surface area (Å²) >= 11 is 0. The molecule has 2 atom stereocenters. The molecule has 0 bridgehead atoms. The number of rotatable bonds is 9. The highest BCUT2D eigenvalue weighted by Gasteiger charge is 2.26. The van der Waals surface area contributed by atoms with E-state index in [1.54, 1.807) is 6.07 Å². The maximum absolute atomic E-state index is 13.8. The summed E-state index contributed by atoms with van der Waals surface area (Å²) in [6.45, 7) is 3.16. The molecule has 2 amide bonds. The van der Waals surface area contributed by atoms with Crippen LogP contribution in [0.15, 0.2) is 24.3 Å². The molecular weight excluding hydrogens is 315 g/mol. The van der Waals surface area contributed by atoms with Crippen LogP contribution in [0.1, 0.15) is 38.7 Å². The topological polar surface area (TPSA) is 95.5 Å². The summed E-state index contributed by atoms with van der Waals surface area (Å²) in [4.78, 5) is 34.9. The highest BCUT2D eigenvalue weighted by Crippen LogP contribution is 2.10. The van der Waals surface area contributed by atoms with Crippen LogP contribution in [0.2, 0.25) is 0 Å². The maximum atomic E-state index is 13.8. The van der Waals surface area contributed by atoms with Gasteiger partial charge >= 0.3 is 5.97 Å². The van der Waals surface area contributed by atoms with Crippen LogP contribution in [0.5, 0.6) is 0 Å². The van der Waals surface area contributed by atoms with Crippen molar-refractivity contribution in [3.05, 3.63) is 35.6 Å². The summed E-state index contributed by atoms with van der Waals surface area (Å²) in [5.41, 5.74) is 0.270. The Morgan fingerprint density at radius 1 is 1.17 bits per heavy atom. The molecule has 0 heterocycles. The van der Waals surface area contributed by atoms with Gasteiger partial charge in [-0.1, -0.05) is 38.0 Å². The first-order valence-corrected chi connectivity index (χ1v) is 7.88. The molecule has 0 aliphatic rings. The summed E-state index contributed by atoms with van der Waals surface area (Å²) in [5, 5.41) is 14.1. The van der Waals surface area contributed by atoms with E-state index < -0.39 is 35.7 Å². The second-order valence-corrected chi connectivity index (χ2v) is 5.59. The third-order valence-corrected chi connectivity index (χ3v) is 3.54. The van der Waals surface area contributed by atoms with Gasteiger partial charge in [0, 0.05) is 13.3 Å². The van der Waals surface area contributed by atoms with Crippen LogP contribution in [0.4, 0.5) is 4.39 Å². The smallest absolute Gasteiger partial charge is 0.326 e. The predicted molar refractivity (Wildman–Crippen MR) is 86.8 cm³/mol. The molecule has 7 heteroatoms. The second-order valence-electron chi connectivity index (χ2n) is 5.59. The highest BCUT2D eigenvalue weighted by molar-refractivity contribution is 5.90. The Labute approximate surface area is 140 Å². The summed E-state index contributed by atoms with van der Waals surface area (Å²) in [6.07, 6.45) is 1.68. The van der Waals surface area contributed by atoms with Gasteiger partial charge in [0.15, 0.2) is 0 Å². The number of unbranched alkanes of at least 4 members (excludes halogenated alkanes) is 1. The molecule has 0 radical (unpaired) electrons. The molecule has 0 saturated heterocycles. The van der Waals surface area contributed by atoms with Crippen molar-refractivity contribution in [2.75, 3.05) is 0 Å². The maximum Gasteiger partial charge on any atom is 0.326 e. The highest BCUT2D eigenvalue weighted by atomic mass is 19.1. The number of hydrogen-bond donors (Lipinski definition) is 3. The van der Waals surface area contributed by atoms with Crippen LogP contribution >= 0.6 is 0 Å². The molecule has 132 valence electrons. The van der Waals surface area contributed by atoms with E-state index in [0.717, 1.165) is 6.42 Å². The van der Waals surface area contributed by atoms with Gasteiger partial charge in [0.2, 0.25) is 11.8 Å². The zero-order valence-electron chi connectivity index (χ0n) is 13.8. The number of nitrogens with one attached hydrogen (secondary N) is 2. The minimum absolute atomic E-state index is 0.0573. The van der Waals surface area contributed by atoms with E-state index in [1.807, 2.05) is 6.92 Å². The summed E-state index contributed by atoms with van der Waals surface area (Å²) in [5.74, 6) is -2.71. The van der Waals surface area contributed by atoms with Gasteiger partial charge in [-0.3, -0.25) is 9.59 Å². The molecule has 0 spiro atoms. The van der Waals surface area contributed by atoms with E-state index in [-0.39, 0.29) is 12.0 Å². The van der Waals surface area contributed by atoms with E-state index in [9.17, 15) is 23.9 Å². The van der Waals surface area contributed by atoms with E-state index in [1.165, 1.54) is 25.1 Å². The monoisotopic (exact) mass is 338 g/mol. The molecule has 0 aliphatic carbocycles. The van der Waals surface area contributed by atoms with Gasteiger partial charge in [-0.15, -0.1) is 0 Å². The van der Waals surface area contributed by atoms with Crippen LogP contribution in [0, 0.1) is 5.82 Å². The molecule has 24 heavy (non-hydrogen) atoms. The SMILES string of the molecule is CCCC[C@@H](NC(=O)[C@H](Cc1ccccc1F)NC(C)=O)C(=O)O. The molecular formula is C17H23FN2O4. The number of benzene rings is 1. The molecule has 1 rings (SSSR count). The summed E-state index contributed by atoms with van der Waals surface area (Å²) in [6, 6.07) is 3.86. The Bertz CT molecular complexity index is 592. The Morgan fingerprint density at radius 2 is 1.83 bits per heavy atom. The third-order valence-electron chi connectivity index (χ3n) is 3.54. The van der Waals surface area contributed by atoms with Gasteiger partial charge in [-0.2, -0.15) is 0 Å². The van der Waals surface area contributed by atoms with Crippen molar-refractivity contribution >= 4 is 17.8 Å². The van der Waals surface area contributed by atoms with E-state index in [2.05, 4.69) is 10.6 Å². The van der Waals surface area contributed by atoms with Crippen molar-refractivity contribution in [3.8, 4) is 0 Å². The lowest BCUT2D eigenvalue weighted by Crippen LogP contribution is -2.52. The van der Waals surface area contributed by atoms with Gasteiger partial charge in [-0.25, -0.2) is 9.18 Å². The van der Waals surface area contributed by atoms with Crippen molar-refractivity contribution in [1.82, 2.24) is 10.6 Å². The van der Waals surface area contributed by atoms with Crippen molar-refractivity contribution in [2.24, 2.45) is 0 Å². The first kappa shape index (κ1) is 19.6. The van der Waals surface area contributed by atoms with Gasteiger partial charge in [0.05, 0.1) is 0 Å². The first-order chi connectivity index (χ1) is 11.3. The number of aliphatic carboxylic acids is 1. The summed E-state index contributed by atoms with van der Waals surface area (Å²) in [7, 11) is 0. The second kappa shape index (κ2) is 9.64. The Kier molecular flexibility index (Phi) is 7.88. The normalized spacial score (nSPS) is 13.0. The number of carboxylic acid groups (broad SMARTS) is 1. The predicted octanol–water partition coefficient (Wildman–Crippen LogP) is 1.63. The molecule has 0 aromatic heterocycles. The van der Waals surface area contributed by atoms with Crippen molar-refractivity contribution in [3.63, 3.8) is 0 Å². The number of carbonyl (C=O) groups excluding carboxylic acids is 2. The number of hydrogen-bond acceptors (Lipinski definition) is 3. The molecule has 0 fully saturated rings. The Hall–Kier alpha value is -2.44. The fourth-order valence-corrected chi connectivity index (χ4v) is 2.28. The Balaban J connectivity index is 2.86. The molecule has 0 saturated carbocycles. The standard InChI is InChI=1S/C17H23FN2O4/c1-3-4-9-14(17(23)24)20-16(22)15(19-11(2)21)10-12-7-5-6-8-13(12)18/h5-8,14-15H,3-4,9-10H2,1-2H3,(H,19,21)(H,20,22)(H,23,24)/t14-,15+/m1/s1. The fraction of sp³-hybridized carbons (Fsp3) is 0.471. The quantitative estimate of drug-likeness (QED) is 0.638. The molecule has 1 aromatic rings. The zero-order valence-corrected chi connectivity index (χ0v) is 13.8. The van der Waals surface area contributed by atoms with Crippen LogP contribution in [0.25, 0.3) is 0 Å². The van der Waals surface area contributed by atoms with E-state index in [4.69, 9.17) is 0 Å². The lowest BCUT2D eigenvalue weighted by atomic mass is 10.0. The van der Waals surface area contributed by atoms with Crippen LogP contribution < -0.4 is 10.6 Å². The molecule has 3 N–H and O–H groups in total. The fourth-order valence-electron chi connectivity index (χ4n) is 2.28. The lowest BCUT2D eigenvalue weighted by molar-refractivity contribution is -0.142. The van der Waals surface area contributed by atoms with Crippen molar-refractivity contribution in [2.45, 2.75) is 51.6 Å². The number of carbonyl (C=O) groups is 3. The molecule has 0 unspecified atom stereocenters. The lowest BCUT2D eigenvalue weighted by Gasteiger charge is -2.21. The largest absolute Gasteiger partial charge is 0.480 e. The van der Waals surface area contributed by atoms with Crippen LogP contribution in [-0.4, -0.2) is 35.0 Å². The number of halogens is 1. The minimum atomic E-state index is -1.13. The van der Waals surface area contributed by atoms with Crippen molar-refractivity contribution in [1.29, 1.82) is 0 Å². The van der Waals surface area contributed by atoms with Gasteiger partial charge in [-0.05, 0) is 18.1 Å². The van der Waals surface area contributed by atoms with Gasteiger partial charge < -0.3 is 15.7 Å². The molecule has 0 aliphatic heterocycles. The summed E-state index contributed by atoms with van der Waals surface area (Å²) < 4.78 is 13.8. The zero-order chi connectivity index (χ0) is 18.1. The third kappa shape index (κ3) is 6.36. The molecule has 1 aromatic carbocycles. The molecule has 6 nitrogen and oxygen atoms in total. The van der Waals surface area contributed by atoms with Gasteiger partial charge in [0.1, 0.15) is 17.9 Å². The van der Waals surface area contributed by atoms with Crippen LogP contribution in [0.3, 0.4) is 0 Å². The average molecular weight is 338 g/mol. The average Bonchev–Trinajstić information content (AvgIpc) is 2.51. The minimum Gasteiger partial charge on any atom is -0.480 e. The van der Waals surface area contributed by atoms with E-state index in [0.29, 0.717) is 12.8 Å². The van der Waals surface area contributed by atoms with E-state index >= 15 is 0 Å². The first-order valence-electron chi connectivity index (χ1n) is 7.88. The van der Waals surface area contributed by atoms with Crippen LogP contribution in [-0.2, 0) is 20.8 Å². The number of amides is 2. The number of carboxylic acids is 1. The van der Waals surface area contributed by atoms with Gasteiger partial charge in [0.25, 0.3) is 0 Å². The Morgan fingerprint density at radius 3 is 2.38 bits per heavy atom.